The van der Waals surface area contributed by atoms with Crippen molar-refractivity contribution >= 4 is 0 Å². The minimum Gasteiger partial charge on any atom is -0.324 e. The molecule has 1 atom stereocenters. The molecule has 0 amide bonds. The first kappa shape index (κ1) is 10.9. The molecule has 0 radical (unpaired) electrons. The molecule has 2 heteroatoms. The van der Waals surface area contributed by atoms with Crippen LogP contribution in [0.15, 0.2) is 30.4 Å². The van der Waals surface area contributed by atoms with E-state index in [-0.39, 0.29) is 11.9 Å². The molecule has 0 heterocycles. The van der Waals surface area contributed by atoms with Crippen molar-refractivity contribution in [1.82, 2.24) is 0 Å². The highest BCUT2D eigenvalue weighted by atomic mass is 19.1. The van der Waals surface area contributed by atoms with Crippen LogP contribution in [-0.2, 0) is 6.42 Å². The van der Waals surface area contributed by atoms with E-state index in [1.54, 1.807) is 0 Å². The zero-order valence-electron chi connectivity index (χ0n) is 8.68. The highest BCUT2D eigenvalue weighted by molar-refractivity contribution is 5.25. The Kier molecular flexibility index (Phi) is 3.42. The van der Waals surface area contributed by atoms with Crippen molar-refractivity contribution < 1.29 is 4.39 Å². The lowest BCUT2D eigenvalue weighted by atomic mass is 10.0. The maximum atomic E-state index is 13.0. The molecule has 0 saturated heterocycles. The van der Waals surface area contributed by atoms with E-state index in [1.165, 1.54) is 12.1 Å². The molecule has 0 spiro atoms. The molecule has 0 aliphatic rings. The summed E-state index contributed by atoms with van der Waals surface area (Å²) >= 11 is 0. The van der Waals surface area contributed by atoms with E-state index >= 15 is 0 Å². The van der Waals surface area contributed by atoms with E-state index in [1.807, 2.05) is 19.9 Å². The third-order valence-corrected chi connectivity index (χ3v) is 2.19. The quantitative estimate of drug-likeness (QED) is 0.733. The highest BCUT2D eigenvalue weighted by Gasteiger charge is 2.05. The third kappa shape index (κ3) is 2.96. The summed E-state index contributed by atoms with van der Waals surface area (Å²) in [5, 5.41) is 0. The van der Waals surface area contributed by atoms with Crippen LogP contribution in [0.5, 0.6) is 0 Å². The van der Waals surface area contributed by atoms with Crippen LogP contribution in [0.3, 0.4) is 0 Å². The molecule has 0 aromatic heterocycles. The van der Waals surface area contributed by atoms with Gasteiger partial charge in [-0.15, -0.1) is 0 Å². The van der Waals surface area contributed by atoms with Crippen LogP contribution in [0.4, 0.5) is 4.39 Å². The van der Waals surface area contributed by atoms with E-state index in [9.17, 15) is 4.39 Å². The molecule has 1 rings (SSSR count). The number of rotatable bonds is 3. The van der Waals surface area contributed by atoms with E-state index in [2.05, 4.69) is 6.58 Å². The summed E-state index contributed by atoms with van der Waals surface area (Å²) < 4.78 is 13.0. The number of halogens is 1. The SMILES string of the molecule is C=C(C)C(N)Cc1cc(C)cc(F)c1. The second-order valence-corrected chi connectivity index (χ2v) is 3.79. The molecule has 1 unspecified atom stereocenters. The van der Waals surface area contributed by atoms with Gasteiger partial charge in [0.15, 0.2) is 0 Å². The van der Waals surface area contributed by atoms with Crippen molar-refractivity contribution in [3.63, 3.8) is 0 Å². The summed E-state index contributed by atoms with van der Waals surface area (Å²) in [5.41, 5.74) is 8.60. The number of hydrogen-bond donors (Lipinski definition) is 1. The van der Waals surface area contributed by atoms with E-state index in [4.69, 9.17) is 5.73 Å². The second-order valence-electron chi connectivity index (χ2n) is 3.79. The maximum Gasteiger partial charge on any atom is 0.123 e. The van der Waals surface area contributed by atoms with Crippen LogP contribution >= 0.6 is 0 Å². The summed E-state index contributed by atoms with van der Waals surface area (Å²) in [6.45, 7) is 7.54. The Hall–Kier alpha value is -1.15. The smallest absolute Gasteiger partial charge is 0.123 e. The van der Waals surface area contributed by atoms with Crippen LogP contribution in [0.25, 0.3) is 0 Å². The van der Waals surface area contributed by atoms with Crippen molar-refractivity contribution in [3.05, 3.63) is 47.3 Å². The van der Waals surface area contributed by atoms with Gasteiger partial charge in [-0.3, -0.25) is 0 Å². The molecule has 0 fully saturated rings. The monoisotopic (exact) mass is 193 g/mol. The van der Waals surface area contributed by atoms with Gasteiger partial charge in [-0.1, -0.05) is 18.2 Å². The molecule has 0 aliphatic heterocycles. The zero-order valence-corrected chi connectivity index (χ0v) is 8.68. The number of benzene rings is 1. The Morgan fingerprint density at radius 1 is 1.50 bits per heavy atom. The number of aryl methyl sites for hydroxylation is 1. The average molecular weight is 193 g/mol. The second kappa shape index (κ2) is 4.38. The molecule has 14 heavy (non-hydrogen) atoms. The van der Waals surface area contributed by atoms with Crippen LogP contribution in [-0.4, -0.2) is 6.04 Å². The van der Waals surface area contributed by atoms with Gasteiger partial charge in [0.25, 0.3) is 0 Å². The minimum absolute atomic E-state index is 0.0869. The average Bonchev–Trinajstić information content (AvgIpc) is 2.01. The first-order valence-corrected chi connectivity index (χ1v) is 4.66. The van der Waals surface area contributed by atoms with Gasteiger partial charge >= 0.3 is 0 Å². The van der Waals surface area contributed by atoms with Gasteiger partial charge in [-0.2, -0.15) is 0 Å². The van der Waals surface area contributed by atoms with E-state index < -0.39 is 0 Å². The summed E-state index contributed by atoms with van der Waals surface area (Å²) in [5.74, 6) is -0.200. The molecule has 0 saturated carbocycles. The van der Waals surface area contributed by atoms with E-state index in [0.29, 0.717) is 6.42 Å². The number of hydrogen-bond acceptors (Lipinski definition) is 1. The van der Waals surface area contributed by atoms with Gasteiger partial charge in [-0.25, -0.2) is 4.39 Å². The first-order valence-electron chi connectivity index (χ1n) is 4.66. The first-order chi connectivity index (χ1) is 6.49. The molecule has 1 nitrogen and oxygen atoms in total. The van der Waals surface area contributed by atoms with E-state index in [0.717, 1.165) is 16.7 Å². The topological polar surface area (TPSA) is 26.0 Å². The molecular formula is C12H16FN. The van der Waals surface area contributed by atoms with Crippen molar-refractivity contribution in [3.8, 4) is 0 Å². The van der Waals surface area contributed by atoms with Gasteiger partial charge in [0.1, 0.15) is 5.82 Å². The lowest BCUT2D eigenvalue weighted by molar-refractivity contribution is 0.622. The standard InChI is InChI=1S/C12H16FN/c1-8(2)12(14)7-10-4-9(3)5-11(13)6-10/h4-6,12H,1,7,14H2,2-3H3. The van der Waals surface area contributed by atoms with Crippen LogP contribution in [0.2, 0.25) is 0 Å². The van der Waals surface area contributed by atoms with Gasteiger partial charge in [0.2, 0.25) is 0 Å². The van der Waals surface area contributed by atoms with Crippen LogP contribution in [0, 0.1) is 12.7 Å². The fourth-order valence-electron chi connectivity index (χ4n) is 1.36. The maximum absolute atomic E-state index is 13.0. The largest absolute Gasteiger partial charge is 0.324 e. The Morgan fingerprint density at radius 2 is 2.14 bits per heavy atom. The Balaban J connectivity index is 2.81. The Morgan fingerprint density at radius 3 is 2.64 bits per heavy atom. The van der Waals surface area contributed by atoms with Crippen LogP contribution < -0.4 is 5.73 Å². The van der Waals surface area contributed by atoms with Crippen molar-refractivity contribution in [2.75, 3.05) is 0 Å². The Bertz CT molecular complexity index is 324. The van der Waals surface area contributed by atoms with Crippen molar-refractivity contribution in [2.45, 2.75) is 26.3 Å². The minimum atomic E-state index is -0.200. The van der Waals surface area contributed by atoms with Gasteiger partial charge in [0.05, 0.1) is 0 Å². The Labute approximate surface area is 84.4 Å². The zero-order chi connectivity index (χ0) is 10.7. The summed E-state index contributed by atoms with van der Waals surface area (Å²) in [7, 11) is 0. The summed E-state index contributed by atoms with van der Waals surface area (Å²) in [6, 6.07) is 4.90. The lowest BCUT2D eigenvalue weighted by Crippen LogP contribution is -2.23. The van der Waals surface area contributed by atoms with Gasteiger partial charge in [0, 0.05) is 6.04 Å². The summed E-state index contributed by atoms with van der Waals surface area (Å²) in [4.78, 5) is 0. The normalized spacial score (nSPS) is 12.6. The molecular weight excluding hydrogens is 177 g/mol. The predicted octanol–water partition coefficient (Wildman–Crippen LogP) is 2.58. The van der Waals surface area contributed by atoms with Gasteiger partial charge in [-0.05, 0) is 43.5 Å². The molecule has 1 aromatic carbocycles. The molecule has 0 aliphatic carbocycles. The number of nitrogens with two attached hydrogens (primary N) is 1. The fraction of sp³-hybridized carbons (Fsp3) is 0.333. The van der Waals surface area contributed by atoms with Crippen LogP contribution in [0.1, 0.15) is 18.1 Å². The molecule has 2 N–H and O–H groups in total. The predicted molar refractivity (Wildman–Crippen MR) is 57.6 cm³/mol. The third-order valence-electron chi connectivity index (χ3n) is 2.19. The summed E-state index contributed by atoms with van der Waals surface area (Å²) in [6.07, 6.45) is 0.647. The molecule has 76 valence electrons. The van der Waals surface area contributed by atoms with Crippen molar-refractivity contribution in [1.29, 1.82) is 0 Å². The van der Waals surface area contributed by atoms with Crippen molar-refractivity contribution in [2.24, 2.45) is 5.73 Å². The van der Waals surface area contributed by atoms with Gasteiger partial charge < -0.3 is 5.73 Å². The molecule has 0 bridgehead atoms. The lowest BCUT2D eigenvalue weighted by Gasteiger charge is -2.11. The molecule has 1 aromatic rings. The fourth-order valence-corrected chi connectivity index (χ4v) is 1.36. The highest BCUT2D eigenvalue weighted by Crippen LogP contribution is 2.11.